The van der Waals surface area contributed by atoms with Gasteiger partial charge in [-0.25, -0.2) is 0 Å². The zero-order valence-corrected chi connectivity index (χ0v) is 10.5. The lowest BCUT2D eigenvalue weighted by Crippen LogP contribution is -2.15. The third-order valence-corrected chi connectivity index (χ3v) is 2.46. The van der Waals surface area contributed by atoms with Crippen LogP contribution in [0.5, 0.6) is 11.5 Å². The van der Waals surface area contributed by atoms with Crippen LogP contribution < -0.4 is 16.2 Å². The van der Waals surface area contributed by atoms with Crippen LogP contribution in [0.15, 0.2) is 12.1 Å². The van der Waals surface area contributed by atoms with E-state index in [0.717, 1.165) is 5.56 Å². The molecule has 1 aromatic rings. The first-order chi connectivity index (χ1) is 7.10. The van der Waals surface area contributed by atoms with Crippen LogP contribution in [-0.4, -0.2) is 18.8 Å². The number of hydrogen-bond acceptors (Lipinski definition) is 4. The fourth-order valence-corrected chi connectivity index (χ4v) is 1.53. The van der Waals surface area contributed by atoms with E-state index >= 15 is 0 Å². The molecule has 6 heteroatoms. The standard InChI is InChI=1S/C10H15ClN2O2.ClH/c1-15-9-5-6(8(13)2-3-12)4-7(11)10(9)14;/h4-5,8,14H,2-3,12-13H2,1H3;1H/t8-;/m1./s1. The number of ether oxygens (including phenoxy) is 1. The molecule has 0 spiro atoms. The second kappa shape index (κ2) is 6.81. The Kier molecular flexibility index (Phi) is 6.52. The van der Waals surface area contributed by atoms with E-state index < -0.39 is 0 Å². The zero-order valence-electron chi connectivity index (χ0n) is 8.94. The molecule has 5 N–H and O–H groups in total. The van der Waals surface area contributed by atoms with Gasteiger partial charge in [0.05, 0.1) is 12.1 Å². The van der Waals surface area contributed by atoms with E-state index in [-0.39, 0.29) is 29.2 Å². The minimum Gasteiger partial charge on any atom is -0.503 e. The van der Waals surface area contributed by atoms with Gasteiger partial charge in [-0.15, -0.1) is 12.4 Å². The first kappa shape index (κ1) is 15.3. The maximum atomic E-state index is 9.51. The predicted octanol–water partition coefficient (Wildman–Crippen LogP) is 1.82. The van der Waals surface area contributed by atoms with Crippen LogP contribution in [0.25, 0.3) is 0 Å². The summed E-state index contributed by atoms with van der Waals surface area (Å²) < 4.78 is 4.97. The number of hydrogen-bond donors (Lipinski definition) is 3. The largest absolute Gasteiger partial charge is 0.503 e. The molecule has 1 aromatic carbocycles. The molecule has 0 aliphatic heterocycles. The highest BCUT2D eigenvalue weighted by atomic mass is 35.5. The Morgan fingerprint density at radius 2 is 2.12 bits per heavy atom. The van der Waals surface area contributed by atoms with Gasteiger partial charge in [-0.2, -0.15) is 0 Å². The number of aromatic hydroxyl groups is 1. The topological polar surface area (TPSA) is 81.5 Å². The Balaban J connectivity index is 0.00000225. The minimum absolute atomic E-state index is 0. The molecule has 0 saturated heterocycles. The summed E-state index contributed by atoms with van der Waals surface area (Å²) >= 11 is 5.83. The molecule has 1 rings (SSSR count). The molecular weight excluding hydrogens is 251 g/mol. The lowest BCUT2D eigenvalue weighted by Gasteiger charge is -2.13. The maximum absolute atomic E-state index is 9.51. The van der Waals surface area contributed by atoms with Crippen molar-refractivity contribution in [1.29, 1.82) is 0 Å². The van der Waals surface area contributed by atoms with Crippen molar-refractivity contribution in [2.45, 2.75) is 12.5 Å². The van der Waals surface area contributed by atoms with E-state index in [1.807, 2.05) is 0 Å². The summed E-state index contributed by atoms with van der Waals surface area (Å²) in [6, 6.07) is 3.10. The average Bonchev–Trinajstić information content (AvgIpc) is 2.22. The molecule has 16 heavy (non-hydrogen) atoms. The van der Waals surface area contributed by atoms with Crippen molar-refractivity contribution in [3.05, 3.63) is 22.7 Å². The maximum Gasteiger partial charge on any atom is 0.176 e. The van der Waals surface area contributed by atoms with Crippen molar-refractivity contribution in [2.75, 3.05) is 13.7 Å². The first-order valence-electron chi connectivity index (χ1n) is 4.62. The highest BCUT2D eigenvalue weighted by Gasteiger charge is 2.12. The SMILES string of the molecule is COc1cc([C@H](N)CCN)cc(Cl)c1O.Cl. The van der Waals surface area contributed by atoms with Gasteiger partial charge in [0.15, 0.2) is 11.5 Å². The third kappa shape index (κ3) is 3.42. The number of nitrogens with two attached hydrogens (primary N) is 2. The summed E-state index contributed by atoms with van der Waals surface area (Å²) in [5, 5.41) is 9.74. The van der Waals surface area contributed by atoms with Gasteiger partial charge in [0.2, 0.25) is 0 Å². The van der Waals surface area contributed by atoms with Crippen molar-refractivity contribution in [2.24, 2.45) is 11.5 Å². The molecule has 0 aromatic heterocycles. The van der Waals surface area contributed by atoms with E-state index in [4.69, 9.17) is 27.8 Å². The van der Waals surface area contributed by atoms with Gasteiger partial charge in [-0.05, 0) is 30.7 Å². The summed E-state index contributed by atoms with van der Waals surface area (Å²) in [6.45, 7) is 0.502. The number of phenols is 1. The molecule has 0 amide bonds. The summed E-state index contributed by atoms with van der Waals surface area (Å²) in [5.74, 6) is 0.257. The fourth-order valence-electron chi connectivity index (χ4n) is 1.31. The number of benzene rings is 1. The smallest absolute Gasteiger partial charge is 0.176 e. The van der Waals surface area contributed by atoms with Gasteiger partial charge in [-0.3, -0.25) is 0 Å². The molecule has 0 heterocycles. The van der Waals surface area contributed by atoms with Crippen LogP contribution in [0.4, 0.5) is 0 Å². The van der Waals surface area contributed by atoms with E-state index in [1.165, 1.54) is 7.11 Å². The summed E-state index contributed by atoms with van der Waals surface area (Å²) in [5.41, 5.74) is 12.1. The molecule has 0 unspecified atom stereocenters. The zero-order chi connectivity index (χ0) is 11.4. The van der Waals surface area contributed by atoms with Gasteiger partial charge >= 0.3 is 0 Å². The Morgan fingerprint density at radius 3 is 2.62 bits per heavy atom. The molecule has 4 nitrogen and oxygen atoms in total. The van der Waals surface area contributed by atoms with Crippen LogP contribution in [0.3, 0.4) is 0 Å². The highest BCUT2D eigenvalue weighted by Crippen LogP contribution is 2.36. The molecule has 0 bridgehead atoms. The molecule has 0 aliphatic carbocycles. The Labute approximate surface area is 106 Å². The first-order valence-corrected chi connectivity index (χ1v) is 5.00. The second-order valence-corrected chi connectivity index (χ2v) is 3.64. The average molecular weight is 267 g/mol. The molecule has 0 aliphatic rings. The molecule has 92 valence electrons. The van der Waals surface area contributed by atoms with Crippen molar-refractivity contribution in [3.8, 4) is 11.5 Å². The molecular formula is C10H16Cl2N2O2. The fraction of sp³-hybridized carbons (Fsp3) is 0.400. The van der Waals surface area contributed by atoms with E-state index in [2.05, 4.69) is 0 Å². The molecule has 0 fully saturated rings. The van der Waals surface area contributed by atoms with Crippen molar-refractivity contribution < 1.29 is 9.84 Å². The van der Waals surface area contributed by atoms with Crippen molar-refractivity contribution >= 4 is 24.0 Å². The van der Waals surface area contributed by atoms with Crippen LogP contribution in [0.2, 0.25) is 5.02 Å². The van der Waals surface area contributed by atoms with Crippen LogP contribution >= 0.6 is 24.0 Å². The molecule has 0 saturated carbocycles. The van der Waals surface area contributed by atoms with E-state index in [9.17, 15) is 5.11 Å². The van der Waals surface area contributed by atoms with Crippen LogP contribution in [0.1, 0.15) is 18.0 Å². The molecule has 0 radical (unpaired) electrons. The van der Waals surface area contributed by atoms with Crippen LogP contribution in [0, 0.1) is 0 Å². The lowest BCUT2D eigenvalue weighted by atomic mass is 10.0. The normalized spacial score (nSPS) is 11.8. The molecule has 1 atom stereocenters. The number of methoxy groups -OCH3 is 1. The van der Waals surface area contributed by atoms with Gasteiger partial charge < -0.3 is 21.3 Å². The van der Waals surface area contributed by atoms with Crippen molar-refractivity contribution in [3.63, 3.8) is 0 Å². The third-order valence-electron chi connectivity index (χ3n) is 2.18. The van der Waals surface area contributed by atoms with Crippen LogP contribution in [-0.2, 0) is 0 Å². The van der Waals surface area contributed by atoms with E-state index in [1.54, 1.807) is 12.1 Å². The Hall–Kier alpha value is -0.680. The lowest BCUT2D eigenvalue weighted by molar-refractivity contribution is 0.372. The highest BCUT2D eigenvalue weighted by molar-refractivity contribution is 6.32. The second-order valence-electron chi connectivity index (χ2n) is 3.24. The van der Waals surface area contributed by atoms with Gasteiger partial charge in [0.1, 0.15) is 0 Å². The Morgan fingerprint density at radius 1 is 1.50 bits per heavy atom. The van der Waals surface area contributed by atoms with Gasteiger partial charge in [0, 0.05) is 6.04 Å². The number of phenolic OH excluding ortho intramolecular Hbond substituents is 1. The number of halogens is 2. The van der Waals surface area contributed by atoms with Gasteiger partial charge in [0.25, 0.3) is 0 Å². The monoisotopic (exact) mass is 266 g/mol. The summed E-state index contributed by atoms with van der Waals surface area (Å²) in [7, 11) is 1.46. The van der Waals surface area contributed by atoms with E-state index in [0.29, 0.717) is 18.7 Å². The predicted molar refractivity (Wildman–Crippen MR) is 67.5 cm³/mol. The number of rotatable bonds is 4. The summed E-state index contributed by atoms with van der Waals surface area (Å²) in [6.07, 6.45) is 0.657. The van der Waals surface area contributed by atoms with Gasteiger partial charge in [-0.1, -0.05) is 11.6 Å². The van der Waals surface area contributed by atoms with Crippen molar-refractivity contribution in [1.82, 2.24) is 0 Å². The minimum atomic E-state index is -0.193. The Bertz CT molecular complexity index is 348. The summed E-state index contributed by atoms with van der Waals surface area (Å²) in [4.78, 5) is 0. The quantitative estimate of drug-likeness (QED) is 0.777.